The van der Waals surface area contributed by atoms with Gasteiger partial charge in [0.15, 0.2) is 0 Å². The van der Waals surface area contributed by atoms with E-state index >= 15 is 0 Å². The predicted molar refractivity (Wildman–Crippen MR) is 66.9 cm³/mol. The van der Waals surface area contributed by atoms with Gasteiger partial charge in [-0.3, -0.25) is 0 Å². The molecule has 3 N–H and O–H groups in total. The first kappa shape index (κ1) is 12.5. The maximum absolute atomic E-state index is 12.8. The van der Waals surface area contributed by atoms with E-state index in [0.717, 1.165) is 0 Å². The van der Waals surface area contributed by atoms with E-state index in [4.69, 9.17) is 15.6 Å². The highest BCUT2D eigenvalue weighted by atomic mass is 19.1. The Bertz CT molecular complexity index is 513. The van der Waals surface area contributed by atoms with E-state index in [0.29, 0.717) is 17.1 Å². The summed E-state index contributed by atoms with van der Waals surface area (Å²) in [6, 6.07) is 12.4. The lowest BCUT2D eigenvalue weighted by Gasteiger charge is -2.14. The molecular formula is C14H14FNO2. The van der Waals surface area contributed by atoms with Gasteiger partial charge in [-0.25, -0.2) is 4.39 Å². The van der Waals surface area contributed by atoms with Crippen molar-refractivity contribution in [2.24, 2.45) is 5.73 Å². The molecule has 0 saturated carbocycles. The van der Waals surface area contributed by atoms with Crippen LogP contribution in [0.15, 0.2) is 48.5 Å². The fourth-order valence-electron chi connectivity index (χ4n) is 1.61. The van der Waals surface area contributed by atoms with Gasteiger partial charge in [0, 0.05) is 5.56 Å². The van der Waals surface area contributed by atoms with Crippen LogP contribution in [0.1, 0.15) is 11.6 Å². The number of nitrogens with two attached hydrogens (primary N) is 1. The third-order valence-electron chi connectivity index (χ3n) is 2.56. The molecule has 2 aromatic rings. The number of aliphatic hydroxyl groups excluding tert-OH is 1. The smallest absolute Gasteiger partial charge is 0.132 e. The molecule has 94 valence electrons. The van der Waals surface area contributed by atoms with Crippen LogP contribution < -0.4 is 10.5 Å². The number of halogens is 1. The van der Waals surface area contributed by atoms with Gasteiger partial charge in [-0.1, -0.05) is 18.2 Å². The zero-order chi connectivity index (χ0) is 13.0. The summed E-state index contributed by atoms with van der Waals surface area (Å²) in [6.07, 6.45) is 0. The normalized spacial score (nSPS) is 12.2. The van der Waals surface area contributed by atoms with E-state index in [1.165, 1.54) is 24.3 Å². The van der Waals surface area contributed by atoms with Crippen molar-refractivity contribution in [2.45, 2.75) is 6.04 Å². The highest BCUT2D eigenvalue weighted by Crippen LogP contribution is 2.28. The molecular weight excluding hydrogens is 233 g/mol. The second kappa shape index (κ2) is 5.62. The number of rotatable bonds is 4. The summed E-state index contributed by atoms with van der Waals surface area (Å²) in [5, 5.41) is 9.08. The monoisotopic (exact) mass is 247 g/mol. The van der Waals surface area contributed by atoms with Crippen LogP contribution in [0.5, 0.6) is 11.5 Å². The molecule has 4 heteroatoms. The van der Waals surface area contributed by atoms with Crippen LogP contribution in [0.4, 0.5) is 4.39 Å². The van der Waals surface area contributed by atoms with Crippen molar-refractivity contribution in [3.8, 4) is 11.5 Å². The summed E-state index contributed by atoms with van der Waals surface area (Å²) in [4.78, 5) is 0. The fourth-order valence-corrected chi connectivity index (χ4v) is 1.61. The Morgan fingerprint density at radius 3 is 2.44 bits per heavy atom. The molecule has 0 amide bonds. The van der Waals surface area contributed by atoms with E-state index in [9.17, 15) is 4.39 Å². The van der Waals surface area contributed by atoms with Gasteiger partial charge in [-0.15, -0.1) is 0 Å². The number of benzene rings is 2. The van der Waals surface area contributed by atoms with Crippen LogP contribution in [0, 0.1) is 5.82 Å². The van der Waals surface area contributed by atoms with Crippen molar-refractivity contribution in [1.82, 2.24) is 0 Å². The molecule has 0 saturated heterocycles. The third kappa shape index (κ3) is 2.85. The number of hydrogen-bond donors (Lipinski definition) is 2. The van der Waals surface area contributed by atoms with Gasteiger partial charge in [0.2, 0.25) is 0 Å². The van der Waals surface area contributed by atoms with Crippen molar-refractivity contribution >= 4 is 0 Å². The Balaban J connectivity index is 2.26. The molecule has 0 heterocycles. The zero-order valence-corrected chi connectivity index (χ0v) is 9.71. The van der Waals surface area contributed by atoms with Gasteiger partial charge in [-0.2, -0.15) is 0 Å². The average molecular weight is 247 g/mol. The minimum atomic E-state index is -0.498. The van der Waals surface area contributed by atoms with E-state index in [1.807, 2.05) is 12.1 Å². The second-order valence-electron chi connectivity index (χ2n) is 3.88. The molecule has 18 heavy (non-hydrogen) atoms. The number of ether oxygens (including phenoxy) is 1. The molecule has 1 atom stereocenters. The number of hydrogen-bond acceptors (Lipinski definition) is 3. The summed E-state index contributed by atoms with van der Waals surface area (Å²) in [5.74, 6) is 0.766. The van der Waals surface area contributed by atoms with E-state index in [-0.39, 0.29) is 12.4 Å². The molecule has 0 aliphatic heterocycles. The molecule has 0 bridgehead atoms. The van der Waals surface area contributed by atoms with E-state index in [1.54, 1.807) is 12.1 Å². The average Bonchev–Trinajstić information content (AvgIpc) is 2.41. The first-order valence-electron chi connectivity index (χ1n) is 5.59. The first-order chi connectivity index (χ1) is 8.70. The van der Waals surface area contributed by atoms with E-state index in [2.05, 4.69) is 0 Å². The second-order valence-corrected chi connectivity index (χ2v) is 3.88. The van der Waals surface area contributed by atoms with Crippen molar-refractivity contribution in [1.29, 1.82) is 0 Å². The van der Waals surface area contributed by atoms with Gasteiger partial charge in [0.1, 0.15) is 17.3 Å². The van der Waals surface area contributed by atoms with Crippen LogP contribution in [-0.2, 0) is 0 Å². The first-order valence-corrected chi connectivity index (χ1v) is 5.59. The zero-order valence-electron chi connectivity index (χ0n) is 9.71. The highest BCUT2D eigenvalue weighted by Gasteiger charge is 2.11. The standard InChI is InChI=1S/C14H14FNO2/c15-10-5-7-11(8-6-10)18-14-4-2-1-3-12(14)13(16)9-17/h1-8,13,17H,9,16H2/t13-/m0/s1. The van der Waals surface area contributed by atoms with Crippen LogP contribution in [-0.4, -0.2) is 11.7 Å². The summed E-state index contributed by atoms with van der Waals surface area (Å²) < 4.78 is 18.4. The molecule has 0 radical (unpaired) electrons. The highest BCUT2D eigenvalue weighted by molar-refractivity contribution is 5.39. The Morgan fingerprint density at radius 2 is 1.78 bits per heavy atom. The maximum atomic E-state index is 12.8. The SMILES string of the molecule is N[C@@H](CO)c1ccccc1Oc1ccc(F)cc1. The van der Waals surface area contributed by atoms with Crippen molar-refractivity contribution < 1.29 is 14.2 Å². The molecule has 0 aliphatic carbocycles. The Hall–Kier alpha value is -1.91. The molecule has 2 rings (SSSR count). The van der Waals surface area contributed by atoms with Crippen LogP contribution in [0.25, 0.3) is 0 Å². The maximum Gasteiger partial charge on any atom is 0.132 e. The van der Waals surface area contributed by atoms with Gasteiger partial charge >= 0.3 is 0 Å². The summed E-state index contributed by atoms with van der Waals surface area (Å²) in [5.41, 5.74) is 6.50. The summed E-state index contributed by atoms with van der Waals surface area (Å²) >= 11 is 0. The Labute approximate surface area is 105 Å². The van der Waals surface area contributed by atoms with Crippen molar-refractivity contribution in [3.63, 3.8) is 0 Å². The van der Waals surface area contributed by atoms with Gasteiger partial charge in [0.25, 0.3) is 0 Å². The number of aliphatic hydroxyl groups is 1. The van der Waals surface area contributed by atoms with Gasteiger partial charge < -0.3 is 15.6 Å². The molecule has 0 fully saturated rings. The van der Waals surface area contributed by atoms with Crippen molar-refractivity contribution in [2.75, 3.05) is 6.61 Å². The van der Waals surface area contributed by atoms with Gasteiger partial charge in [-0.05, 0) is 30.3 Å². The third-order valence-corrected chi connectivity index (χ3v) is 2.56. The molecule has 0 spiro atoms. The Kier molecular flexibility index (Phi) is 3.92. The summed E-state index contributed by atoms with van der Waals surface area (Å²) in [6.45, 7) is -0.163. The minimum absolute atomic E-state index is 0.163. The van der Waals surface area contributed by atoms with Crippen LogP contribution in [0.2, 0.25) is 0 Å². The lowest BCUT2D eigenvalue weighted by atomic mass is 10.1. The summed E-state index contributed by atoms with van der Waals surface area (Å²) in [7, 11) is 0. The quantitative estimate of drug-likeness (QED) is 0.873. The molecule has 0 aliphatic rings. The Morgan fingerprint density at radius 1 is 1.11 bits per heavy atom. The predicted octanol–water partition coefficient (Wildman–Crippen LogP) is 2.61. The lowest BCUT2D eigenvalue weighted by molar-refractivity contribution is 0.265. The number of para-hydroxylation sites is 1. The largest absolute Gasteiger partial charge is 0.457 e. The van der Waals surface area contributed by atoms with Gasteiger partial charge in [0.05, 0.1) is 12.6 Å². The molecule has 0 aromatic heterocycles. The van der Waals surface area contributed by atoms with Crippen LogP contribution >= 0.6 is 0 Å². The topological polar surface area (TPSA) is 55.5 Å². The minimum Gasteiger partial charge on any atom is -0.457 e. The molecule has 2 aromatic carbocycles. The van der Waals surface area contributed by atoms with Crippen molar-refractivity contribution in [3.05, 3.63) is 59.9 Å². The lowest BCUT2D eigenvalue weighted by Crippen LogP contribution is -2.15. The van der Waals surface area contributed by atoms with Crippen LogP contribution in [0.3, 0.4) is 0 Å². The molecule has 3 nitrogen and oxygen atoms in total. The fraction of sp³-hybridized carbons (Fsp3) is 0.143. The molecule has 0 unspecified atom stereocenters. The van der Waals surface area contributed by atoms with E-state index < -0.39 is 6.04 Å².